The molecule has 0 saturated heterocycles. The maximum atomic E-state index is 12.2. The van der Waals surface area contributed by atoms with Crippen LogP contribution in [-0.2, 0) is 16.1 Å². The largest absolute Gasteiger partial charge is 0.497 e. The summed E-state index contributed by atoms with van der Waals surface area (Å²) in [5.74, 6) is 0.317. The van der Waals surface area contributed by atoms with Crippen LogP contribution in [0.5, 0.6) is 5.75 Å². The van der Waals surface area contributed by atoms with Gasteiger partial charge in [0.25, 0.3) is 5.56 Å². The number of aldehydes is 1. The van der Waals surface area contributed by atoms with Crippen LogP contribution in [0.1, 0.15) is 5.56 Å². The molecule has 2 aromatic rings. The van der Waals surface area contributed by atoms with Crippen molar-refractivity contribution in [3.05, 3.63) is 46.3 Å². The van der Waals surface area contributed by atoms with E-state index in [4.69, 9.17) is 4.74 Å². The van der Waals surface area contributed by atoms with Crippen LogP contribution in [0.4, 0.5) is 0 Å². The summed E-state index contributed by atoms with van der Waals surface area (Å²) < 4.78 is 6.53. The predicted molar refractivity (Wildman–Crippen MR) is 83.9 cm³/mol. The van der Waals surface area contributed by atoms with Gasteiger partial charge in [0.2, 0.25) is 5.91 Å². The first-order chi connectivity index (χ1) is 10.6. The summed E-state index contributed by atoms with van der Waals surface area (Å²) in [7, 11) is 3.05. The van der Waals surface area contributed by atoms with Gasteiger partial charge in [-0.25, -0.2) is 0 Å². The lowest BCUT2D eigenvalue weighted by Gasteiger charge is -2.11. The number of benzene rings is 1. The van der Waals surface area contributed by atoms with E-state index in [1.165, 1.54) is 30.9 Å². The topological polar surface area (TPSA) is 77.4 Å². The third kappa shape index (κ3) is 3.06. The lowest BCUT2D eigenvalue weighted by atomic mass is 10.1. The lowest BCUT2D eigenvalue weighted by molar-refractivity contribution is -0.116. The van der Waals surface area contributed by atoms with Gasteiger partial charge in [-0.05, 0) is 23.8 Å². The molecule has 0 saturated carbocycles. The summed E-state index contributed by atoms with van der Waals surface area (Å²) >= 11 is 0. The van der Waals surface area contributed by atoms with E-state index in [1.807, 2.05) is 0 Å². The quantitative estimate of drug-likeness (QED) is 0.659. The standard InChI is InChI=1S/C16H16N2O4/c1-17-15(20)6-3-11-9-16(21)18(7-8-19)14-10-12(22-2)4-5-13(11)14/h3-6,8-10H,7H2,1-2H3,(H,17,20). The average molecular weight is 300 g/mol. The molecule has 114 valence electrons. The number of rotatable bonds is 5. The first kappa shape index (κ1) is 15.5. The molecule has 0 unspecified atom stereocenters. The summed E-state index contributed by atoms with van der Waals surface area (Å²) in [4.78, 5) is 34.3. The van der Waals surface area contributed by atoms with Crippen LogP contribution in [0.3, 0.4) is 0 Å². The zero-order chi connectivity index (χ0) is 16.1. The SMILES string of the molecule is CNC(=O)C=Cc1cc(=O)n(CC=O)c2cc(OC)ccc12. The highest BCUT2D eigenvalue weighted by Gasteiger charge is 2.08. The van der Waals surface area contributed by atoms with Crippen molar-refractivity contribution in [2.45, 2.75) is 6.54 Å². The minimum absolute atomic E-state index is 0.0397. The molecule has 1 heterocycles. The minimum Gasteiger partial charge on any atom is -0.497 e. The zero-order valence-corrected chi connectivity index (χ0v) is 12.3. The number of fused-ring (bicyclic) bond motifs is 1. The number of methoxy groups -OCH3 is 1. The molecule has 0 radical (unpaired) electrons. The van der Waals surface area contributed by atoms with Crippen molar-refractivity contribution in [3.8, 4) is 5.75 Å². The molecule has 6 heteroatoms. The van der Waals surface area contributed by atoms with Crippen LogP contribution < -0.4 is 15.6 Å². The number of hydrogen-bond acceptors (Lipinski definition) is 4. The van der Waals surface area contributed by atoms with Gasteiger partial charge in [0.05, 0.1) is 19.2 Å². The summed E-state index contributed by atoms with van der Waals surface area (Å²) in [6.45, 7) is -0.0397. The van der Waals surface area contributed by atoms with Crippen LogP contribution in [0.2, 0.25) is 0 Å². The van der Waals surface area contributed by atoms with Crippen molar-refractivity contribution < 1.29 is 14.3 Å². The van der Waals surface area contributed by atoms with Crippen LogP contribution in [0.25, 0.3) is 17.0 Å². The molecule has 0 spiro atoms. The highest BCUT2D eigenvalue weighted by atomic mass is 16.5. The van der Waals surface area contributed by atoms with Gasteiger partial charge in [-0.1, -0.05) is 0 Å². The Balaban J connectivity index is 2.71. The number of hydrogen-bond donors (Lipinski definition) is 1. The second kappa shape index (κ2) is 6.71. The van der Waals surface area contributed by atoms with Crippen molar-refractivity contribution in [1.82, 2.24) is 9.88 Å². The van der Waals surface area contributed by atoms with E-state index in [2.05, 4.69) is 5.32 Å². The van der Waals surface area contributed by atoms with Gasteiger partial charge in [0, 0.05) is 30.6 Å². The molecular weight excluding hydrogens is 284 g/mol. The number of aromatic nitrogens is 1. The molecule has 0 aliphatic carbocycles. The second-order valence-electron chi connectivity index (χ2n) is 4.55. The van der Waals surface area contributed by atoms with Gasteiger partial charge in [-0.2, -0.15) is 0 Å². The Hall–Kier alpha value is -2.89. The van der Waals surface area contributed by atoms with Crippen LogP contribution in [0.15, 0.2) is 35.1 Å². The van der Waals surface area contributed by atoms with E-state index in [9.17, 15) is 14.4 Å². The fraction of sp³-hybridized carbons (Fsp3) is 0.188. The number of amides is 1. The van der Waals surface area contributed by atoms with Crippen LogP contribution in [-0.4, -0.2) is 30.9 Å². The summed E-state index contributed by atoms with van der Waals surface area (Å²) in [6.07, 6.45) is 3.59. The fourth-order valence-electron chi connectivity index (χ4n) is 2.16. The molecule has 0 fully saturated rings. The van der Waals surface area contributed by atoms with Gasteiger partial charge in [0.15, 0.2) is 0 Å². The van der Waals surface area contributed by atoms with Crippen molar-refractivity contribution >= 4 is 29.2 Å². The number of likely N-dealkylation sites (N-methyl/N-ethyl adjacent to an activating group) is 1. The Labute approximate surface area is 127 Å². The average Bonchev–Trinajstić information content (AvgIpc) is 2.54. The molecule has 0 aliphatic heterocycles. The normalized spacial score (nSPS) is 10.8. The molecule has 1 amide bonds. The Kier molecular flexibility index (Phi) is 4.73. The molecule has 0 bridgehead atoms. The first-order valence-electron chi connectivity index (χ1n) is 6.65. The number of carbonyl (C=O) groups excluding carboxylic acids is 2. The molecule has 1 aromatic heterocycles. The third-order valence-electron chi connectivity index (χ3n) is 3.27. The van der Waals surface area contributed by atoms with Crippen LogP contribution in [0, 0.1) is 0 Å². The highest BCUT2D eigenvalue weighted by Crippen LogP contribution is 2.23. The van der Waals surface area contributed by atoms with Gasteiger partial charge in [-0.15, -0.1) is 0 Å². The molecule has 0 atom stereocenters. The van der Waals surface area contributed by atoms with E-state index in [1.54, 1.807) is 24.3 Å². The molecule has 1 aromatic carbocycles. The zero-order valence-electron chi connectivity index (χ0n) is 12.3. The monoisotopic (exact) mass is 300 g/mol. The number of nitrogens with zero attached hydrogens (tertiary/aromatic N) is 1. The van der Waals surface area contributed by atoms with Crippen molar-refractivity contribution in [2.75, 3.05) is 14.2 Å². The van der Waals surface area contributed by atoms with Gasteiger partial charge < -0.3 is 19.4 Å². The van der Waals surface area contributed by atoms with Crippen molar-refractivity contribution in [1.29, 1.82) is 0 Å². The predicted octanol–water partition coefficient (Wildman–Crippen LogP) is 0.968. The van der Waals surface area contributed by atoms with Gasteiger partial charge in [0.1, 0.15) is 12.0 Å². The number of nitrogens with one attached hydrogen (secondary N) is 1. The summed E-state index contributed by atoms with van der Waals surface area (Å²) in [5.41, 5.74) is 0.869. The lowest BCUT2D eigenvalue weighted by Crippen LogP contribution is -2.21. The second-order valence-corrected chi connectivity index (χ2v) is 4.55. The number of pyridine rings is 1. The summed E-state index contributed by atoms with van der Waals surface area (Å²) in [6, 6.07) is 6.64. The maximum Gasteiger partial charge on any atom is 0.252 e. The molecular formula is C16H16N2O4. The fourth-order valence-corrected chi connectivity index (χ4v) is 2.16. The Bertz CT molecular complexity index is 806. The third-order valence-corrected chi connectivity index (χ3v) is 3.27. The van der Waals surface area contributed by atoms with E-state index < -0.39 is 0 Å². The molecule has 1 N–H and O–H groups in total. The summed E-state index contributed by atoms with van der Waals surface area (Å²) in [5, 5.41) is 3.22. The molecule has 22 heavy (non-hydrogen) atoms. The number of ether oxygens (including phenoxy) is 1. The first-order valence-corrected chi connectivity index (χ1v) is 6.65. The maximum absolute atomic E-state index is 12.2. The van der Waals surface area contributed by atoms with Gasteiger partial charge >= 0.3 is 0 Å². The van der Waals surface area contributed by atoms with Crippen molar-refractivity contribution in [2.24, 2.45) is 0 Å². The van der Waals surface area contributed by atoms with Crippen LogP contribution >= 0.6 is 0 Å². The van der Waals surface area contributed by atoms with E-state index in [-0.39, 0.29) is 18.0 Å². The Morgan fingerprint density at radius 3 is 2.77 bits per heavy atom. The Morgan fingerprint density at radius 1 is 1.36 bits per heavy atom. The molecule has 6 nitrogen and oxygen atoms in total. The van der Waals surface area contributed by atoms with Crippen molar-refractivity contribution in [3.63, 3.8) is 0 Å². The smallest absolute Gasteiger partial charge is 0.252 e. The minimum atomic E-state index is -0.315. The highest BCUT2D eigenvalue weighted by molar-refractivity contribution is 5.96. The number of carbonyl (C=O) groups is 2. The van der Waals surface area contributed by atoms with E-state index >= 15 is 0 Å². The van der Waals surface area contributed by atoms with E-state index in [0.717, 1.165) is 5.39 Å². The molecule has 2 rings (SSSR count). The molecule has 0 aliphatic rings. The van der Waals surface area contributed by atoms with E-state index in [0.29, 0.717) is 23.1 Å². The Morgan fingerprint density at radius 2 is 2.14 bits per heavy atom. The van der Waals surface area contributed by atoms with Gasteiger partial charge in [-0.3, -0.25) is 9.59 Å².